The highest BCUT2D eigenvalue weighted by atomic mass is 19.4. The van der Waals surface area contributed by atoms with Gasteiger partial charge in [-0.2, -0.15) is 13.2 Å². The van der Waals surface area contributed by atoms with Crippen molar-refractivity contribution >= 4 is 11.6 Å². The van der Waals surface area contributed by atoms with Crippen LogP contribution in [0.5, 0.6) is 0 Å². The van der Waals surface area contributed by atoms with Crippen LogP contribution in [0, 0.1) is 0 Å². The van der Waals surface area contributed by atoms with Gasteiger partial charge in [0, 0.05) is 20.2 Å². The van der Waals surface area contributed by atoms with Crippen molar-refractivity contribution in [3.63, 3.8) is 0 Å². The molecule has 1 fully saturated rings. The molecule has 1 aliphatic heterocycles. The Balaban J connectivity index is 2.34. The number of alkyl halides is 3. The van der Waals surface area contributed by atoms with Crippen LogP contribution in [-0.4, -0.2) is 37.1 Å². The summed E-state index contributed by atoms with van der Waals surface area (Å²) in [5, 5.41) is 0. The van der Waals surface area contributed by atoms with Crippen LogP contribution in [0.1, 0.15) is 22.3 Å². The lowest BCUT2D eigenvalue weighted by atomic mass is 10.1. The molecule has 1 unspecified atom stereocenters. The van der Waals surface area contributed by atoms with E-state index >= 15 is 0 Å². The molecule has 1 amide bonds. The fourth-order valence-corrected chi connectivity index (χ4v) is 2.40. The maximum atomic E-state index is 12.9. The summed E-state index contributed by atoms with van der Waals surface area (Å²) >= 11 is 0. The number of hydrazine groups is 1. The zero-order valence-corrected chi connectivity index (χ0v) is 11.4. The summed E-state index contributed by atoms with van der Waals surface area (Å²) in [6.45, 7) is 0.799. The van der Waals surface area contributed by atoms with E-state index in [1.165, 1.54) is 24.1 Å². The summed E-state index contributed by atoms with van der Waals surface area (Å²) in [5.41, 5.74) is 0.542. The van der Waals surface area contributed by atoms with E-state index in [0.717, 1.165) is 6.07 Å². The molecule has 0 saturated carbocycles. The minimum atomic E-state index is -4.59. The zero-order valence-electron chi connectivity index (χ0n) is 11.4. The number of benzene rings is 1. The normalized spacial score (nSPS) is 18.9. The Labute approximate surface area is 119 Å². The largest absolute Gasteiger partial charge is 0.418 e. The van der Waals surface area contributed by atoms with E-state index in [9.17, 15) is 18.0 Å². The molecule has 21 heavy (non-hydrogen) atoms. The van der Waals surface area contributed by atoms with Gasteiger partial charge in [-0.15, -0.1) is 0 Å². The average molecular weight is 303 g/mol. The highest BCUT2D eigenvalue weighted by Crippen LogP contribution is 2.36. The number of para-hydroxylation sites is 1. The minimum absolute atomic E-state index is 0.0889. The lowest BCUT2D eigenvalue weighted by Gasteiger charge is -2.20. The van der Waals surface area contributed by atoms with E-state index in [2.05, 4.69) is 0 Å². The molecule has 2 rings (SSSR count). The number of nitrogens with zero attached hydrogens (tertiary/aromatic N) is 1. The van der Waals surface area contributed by atoms with Crippen molar-refractivity contribution < 1.29 is 22.7 Å². The first-order valence-corrected chi connectivity index (χ1v) is 6.37. The summed E-state index contributed by atoms with van der Waals surface area (Å²) in [6, 6.07) is 3.40. The molecule has 116 valence electrons. The van der Waals surface area contributed by atoms with Crippen molar-refractivity contribution in [3.05, 3.63) is 29.3 Å². The first kappa shape index (κ1) is 15.6. The number of hydrogen-bond acceptors (Lipinski definition) is 4. The standard InChI is InChI=1S/C13H16F3N3O2/c1-21-8-5-6-19(7-8)12(20)9-3-2-4-10(11(9)18-17)13(14,15)16/h2-4,8,18H,5-7,17H2,1H3. The van der Waals surface area contributed by atoms with Gasteiger partial charge in [-0.3, -0.25) is 10.6 Å². The third kappa shape index (κ3) is 3.11. The summed E-state index contributed by atoms with van der Waals surface area (Å²) < 4.78 is 43.9. The van der Waals surface area contributed by atoms with E-state index in [-0.39, 0.29) is 11.7 Å². The molecule has 1 aromatic carbocycles. The lowest BCUT2D eigenvalue weighted by molar-refractivity contribution is -0.137. The SMILES string of the molecule is COC1CCN(C(=O)c2cccc(C(F)(F)F)c2NN)C1. The number of carbonyl (C=O) groups excluding carboxylic acids is 1. The van der Waals surface area contributed by atoms with Gasteiger partial charge in [-0.05, 0) is 18.6 Å². The van der Waals surface area contributed by atoms with E-state index in [0.29, 0.717) is 19.5 Å². The minimum Gasteiger partial charge on any atom is -0.380 e. The van der Waals surface area contributed by atoms with Gasteiger partial charge in [0.2, 0.25) is 0 Å². The smallest absolute Gasteiger partial charge is 0.380 e. The number of amides is 1. The first-order chi connectivity index (χ1) is 9.88. The number of nitrogen functional groups attached to an aromatic ring is 1. The number of ether oxygens (including phenoxy) is 1. The quantitative estimate of drug-likeness (QED) is 0.660. The van der Waals surface area contributed by atoms with Gasteiger partial charge in [0.25, 0.3) is 5.91 Å². The van der Waals surface area contributed by atoms with Crippen molar-refractivity contribution in [1.82, 2.24) is 4.90 Å². The Morgan fingerprint density at radius 2 is 2.19 bits per heavy atom. The predicted octanol–water partition coefficient (Wildman–Crippen LogP) is 1.85. The average Bonchev–Trinajstić information content (AvgIpc) is 2.93. The Morgan fingerprint density at radius 1 is 1.48 bits per heavy atom. The van der Waals surface area contributed by atoms with Crippen LogP contribution in [0.15, 0.2) is 18.2 Å². The van der Waals surface area contributed by atoms with Gasteiger partial charge in [0.15, 0.2) is 0 Å². The van der Waals surface area contributed by atoms with Gasteiger partial charge in [-0.1, -0.05) is 6.07 Å². The molecule has 1 saturated heterocycles. The number of carbonyl (C=O) groups is 1. The molecule has 0 aromatic heterocycles. The van der Waals surface area contributed by atoms with Gasteiger partial charge < -0.3 is 15.1 Å². The van der Waals surface area contributed by atoms with Crippen LogP contribution >= 0.6 is 0 Å². The molecule has 3 N–H and O–H groups in total. The van der Waals surface area contributed by atoms with Crippen molar-refractivity contribution in [3.8, 4) is 0 Å². The summed E-state index contributed by atoms with van der Waals surface area (Å²) in [7, 11) is 1.54. The van der Waals surface area contributed by atoms with E-state index < -0.39 is 23.3 Å². The fourth-order valence-electron chi connectivity index (χ4n) is 2.40. The molecule has 0 radical (unpaired) electrons. The summed E-state index contributed by atoms with van der Waals surface area (Å²) in [4.78, 5) is 13.8. The van der Waals surface area contributed by atoms with Crippen LogP contribution in [0.2, 0.25) is 0 Å². The second-order valence-electron chi connectivity index (χ2n) is 4.77. The first-order valence-electron chi connectivity index (χ1n) is 6.37. The molecule has 8 heteroatoms. The molecule has 1 heterocycles. The number of halogens is 3. The van der Waals surface area contributed by atoms with Gasteiger partial charge in [0.1, 0.15) is 0 Å². The second-order valence-corrected chi connectivity index (χ2v) is 4.77. The number of nitrogens with one attached hydrogen (secondary N) is 1. The van der Waals surface area contributed by atoms with E-state index in [4.69, 9.17) is 10.6 Å². The van der Waals surface area contributed by atoms with Gasteiger partial charge in [0.05, 0.1) is 22.9 Å². The number of nitrogens with two attached hydrogens (primary N) is 1. The third-order valence-electron chi connectivity index (χ3n) is 3.51. The van der Waals surface area contributed by atoms with Gasteiger partial charge >= 0.3 is 6.18 Å². The van der Waals surface area contributed by atoms with E-state index in [1.54, 1.807) is 0 Å². The number of rotatable bonds is 3. The molecule has 1 atom stereocenters. The molecule has 0 spiro atoms. The van der Waals surface area contributed by atoms with Crippen molar-refractivity contribution in [2.45, 2.75) is 18.7 Å². The molecular weight excluding hydrogens is 287 g/mol. The number of methoxy groups -OCH3 is 1. The van der Waals surface area contributed by atoms with Crippen molar-refractivity contribution in [2.24, 2.45) is 5.84 Å². The predicted molar refractivity (Wildman–Crippen MR) is 70.6 cm³/mol. The van der Waals surface area contributed by atoms with Crippen LogP contribution in [-0.2, 0) is 10.9 Å². The molecule has 0 bridgehead atoms. The maximum absolute atomic E-state index is 12.9. The van der Waals surface area contributed by atoms with Crippen LogP contribution in [0.25, 0.3) is 0 Å². The topological polar surface area (TPSA) is 67.6 Å². The zero-order chi connectivity index (χ0) is 15.6. The molecule has 1 aromatic rings. The van der Waals surface area contributed by atoms with Crippen molar-refractivity contribution in [1.29, 1.82) is 0 Å². The van der Waals surface area contributed by atoms with Crippen molar-refractivity contribution in [2.75, 3.05) is 25.6 Å². The Hall–Kier alpha value is -1.80. The molecule has 5 nitrogen and oxygen atoms in total. The van der Waals surface area contributed by atoms with E-state index in [1.807, 2.05) is 5.43 Å². The fraction of sp³-hybridized carbons (Fsp3) is 0.462. The van der Waals surface area contributed by atoms with Crippen LogP contribution in [0.3, 0.4) is 0 Å². The molecule has 0 aliphatic carbocycles. The molecule has 1 aliphatic rings. The maximum Gasteiger partial charge on any atom is 0.418 e. The van der Waals surface area contributed by atoms with Crippen LogP contribution in [0.4, 0.5) is 18.9 Å². The highest BCUT2D eigenvalue weighted by molar-refractivity contribution is 6.00. The second kappa shape index (κ2) is 5.90. The number of likely N-dealkylation sites (tertiary alicyclic amines) is 1. The number of anilines is 1. The monoisotopic (exact) mass is 303 g/mol. The Kier molecular flexibility index (Phi) is 4.38. The summed E-state index contributed by atoms with van der Waals surface area (Å²) in [6.07, 6.45) is -4.01. The Bertz CT molecular complexity index is 534. The lowest BCUT2D eigenvalue weighted by Crippen LogP contribution is -2.31. The Morgan fingerprint density at radius 3 is 2.71 bits per heavy atom. The molecular formula is C13H16F3N3O2. The highest BCUT2D eigenvalue weighted by Gasteiger charge is 2.36. The number of hydrogen-bond donors (Lipinski definition) is 2. The van der Waals surface area contributed by atoms with Crippen LogP contribution < -0.4 is 11.3 Å². The summed E-state index contributed by atoms with van der Waals surface area (Å²) in [5.74, 6) is 4.70. The third-order valence-corrected chi connectivity index (χ3v) is 3.51. The van der Waals surface area contributed by atoms with Gasteiger partial charge in [-0.25, -0.2) is 0 Å².